The Labute approximate surface area is 295 Å². The first-order valence-electron chi connectivity index (χ1n) is 16.1. The standard InChI is InChI=1S/C35H38Cl2N8O4/c1-20(46)41-22-12-13-45(18-22)19-30-35(49-3)44-28(17-40-30)26-9-5-7-24(33(26)37)23-6-4-8-25(32(23)36)27-16-39-29(34(43-27)48-2)15-38-14-21-10-11-31(47)42-21/h4-9,16-17,21-22,38H,10-15,18-19H2,1-3H3,(H,41,46)(H,42,47)/t21-,22-/m1/s1. The van der Waals surface area contributed by atoms with E-state index in [0.29, 0.717) is 81.8 Å². The number of rotatable bonds is 12. The van der Waals surface area contributed by atoms with Crippen LogP contribution in [0.4, 0.5) is 0 Å². The van der Waals surface area contributed by atoms with E-state index < -0.39 is 0 Å². The molecule has 0 bridgehead atoms. The monoisotopic (exact) mass is 704 g/mol. The second kappa shape index (κ2) is 15.5. The lowest BCUT2D eigenvalue weighted by Crippen LogP contribution is -2.35. The lowest BCUT2D eigenvalue weighted by atomic mass is 9.98. The van der Waals surface area contributed by atoms with Crippen molar-refractivity contribution in [2.75, 3.05) is 33.9 Å². The molecule has 0 aliphatic carbocycles. The summed E-state index contributed by atoms with van der Waals surface area (Å²) in [5.41, 5.74) is 5.26. The number of likely N-dealkylation sites (tertiary alicyclic amines) is 1. The van der Waals surface area contributed by atoms with Crippen LogP contribution < -0.4 is 25.4 Å². The van der Waals surface area contributed by atoms with Crippen molar-refractivity contribution in [3.63, 3.8) is 0 Å². The zero-order valence-corrected chi connectivity index (χ0v) is 29.1. The van der Waals surface area contributed by atoms with Crippen molar-refractivity contribution >= 4 is 35.0 Å². The SMILES string of the molecule is COc1nc(-c2cccc(-c3cccc(-c4cnc(CN5CC[C@@H](NC(C)=O)C5)c(OC)n4)c3Cl)c2Cl)cnc1CNC[C@H]1CCC(=O)N1. The third-order valence-corrected chi connectivity index (χ3v) is 9.48. The molecular weight excluding hydrogens is 667 g/mol. The van der Waals surface area contributed by atoms with Gasteiger partial charge in [-0.2, -0.15) is 0 Å². The average Bonchev–Trinajstić information content (AvgIpc) is 3.72. The molecule has 0 saturated carbocycles. The summed E-state index contributed by atoms with van der Waals surface area (Å²) in [6.45, 7) is 4.73. The quantitative estimate of drug-likeness (QED) is 0.190. The minimum Gasteiger partial charge on any atom is -0.480 e. The van der Waals surface area contributed by atoms with Gasteiger partial charge in [-0.05, 0) is 12.8 Å². The zero-order valence-electron chi connectivity index (χ0n) is 27.6. The number of nitrogens with one attached hydrogen (secondary N) is 3. The molecule has 2 fully saturated rings. The minimum atomic E-state index is -0.0266. The third-order valence-electron chi connectivity index (χ3n) is 8.67. The summed E-state index contributed by atoms with van der Waals surface area (Å²) >= 11 is 14.1. The number of halogens is 2. The Hall–Kier alpha value is -4.36. The number of aromatic nitrogens is 4. The first kappa shape index (κ1) is 34.5. The number of hydrogen-bond acceptors (Lipinski definition) is 10. The van der Waals surface area contributed by atoms with Gasteiger partial charge in [0.05, 0.1) is 48.0 Å². The van der Waals surface area contributed by atoms with Crippen LogP contribution in [-0.4, -0.2) is 82.6 Å². The molecule has 2 aromatic carbocycles. The maximum atomic E-state index is 11.5. The number of amides is 2. The largest absolute Gasteiger partial charge is 0.480 e. The molecule has 2 aliphatic rings. The Balaban J connectivity index is 1.21. The van der Waals surface area contributed by atoms with Crippen molar-refractivity contribution in [1.82, 2.24) is 40.8 Å². The van der Waals surface area contributed by atoms with E-state index >= 15 is 0 Å². The Morgan fingerprint density at radius 2 is 1.51 bits per heavy atom. The molecular formula is C35H38Cl2N8O4. The molecule has 14 heteroatoms. The molecule has 2 atom stereocenters. The molecule has 0 spiro atoms. The Morgan fingerprint density at radius 1 is 0.918 bits per heavy atom. The topological polar surface area (TPSA) is 143 Å². The fraction of sp³-hybridized carbons (Fsp3) is 0.371. The highest BCUT2D eigenvalue weighted by Crippen LogP contribution is 2.42. The number of nitrogens with zero attached hydrogens (tertiary/aromatic N) is 5. The van der Waals surface area contributed by atoms with Crippen LogP contribution in [0.25, 0.3) is 33.6 Å². The highest BCUT2D eigenvalue weighted by molar-refractivity contribution is 6.39. The predicted molar refractivity (Wildman–Crippen MR) is 187 cm³/mol. The summed E-state index contributed by atoms with van der Waals surface area (Å²) in [4.78, 5) is 44.0. The van der Waals surface area contributed by atoms with Crippen molar-refractivity contribution in [3.8, 4) is 45.4 Å². The second-order valence-corrected chi connectivity index (χ2v) is 12.9. The number of carbonyl (C=O) groups excluding carboxylic acids is 2. The van der Waals surface area contributed by atoms with E-state index in [-0.39, 0.29) is 23.9 Å². The van der Waals surface area contributed by atoms with Gasteiger partial charge in [0, 0.05) is 80.4 Å². The lowest BCUT2D eigenvalue weighted by Gasteiger charge is -2.18. The number of ether oxygens (including phenoxy) is 2. The molecule has 3 N–H and O–H groups in total. The summed E-state index contributed by atoms with van der Waals surface area (Å²) in [6, 6.07) is 11.6. The van der Waals surface area contributed by atoms with Crippen LogP contribution >= 0.6 is 23.2 Å². The first-order valence-corrected chi connectivity index (χ1v) is 16.9. The molecule has 0 unspecified atom stereocenters. The summed E-state index contributed by atoms with van der Waals surface area (Å²) in [5.74, 6) is 0.854. The van der Waals surface area contributed by atoms with Crippen molar-refractivity contribution in [1.29, 1.82) is 0 Å². The van der Waals surface area contributed by atoms with E-state index in [4.69, 9.17) is 47.6 Å². The van der Waals surface area contributed by atoms with E-state index in [2.05, 4.69) is 25.8 Å². The molecule has 12 nitrogen and oxygen atoms in total. The Bertz CT molecular complexity index is 1860. The Kier molecular flexibility index (Phi) is 10.9. The highest BCUT2D eigenvalue weighted by atomic mass is 35.5. The van der Waals surface area contributed by atoms with Gasteiger partial charge in [0.25, 0.3) is 0 Å². The molecule has 2 aromatic heterocycles. The third kappa shape index (κ3) is 7.94. The van der Waals surface area contributed by atoms with Crippen LogP contribution in [0.5, 0.6) is 11.8 Å². The Morgan fingerprint density at radius 3 is 2.08 bits per heavy atom. The summed E-state index contributed by atoms with van der Waals surface area (Å²) < 4.78 is 11.2. The van der Waals surface area contributed by atoms with Gasteiger partial charge in [0.1, 0.15) is 11.4 Å². The molecule has 4 aromatic rings. The summed E-state index contributed by atoms with van der Waals surface area (Å²) in [7, 11) is 3.13. The number of hydrogen-bond donors (Lipinski definition) is 3. The fourth-order valence-corrected chi connectivity index (χ4v) is 6.92. The summed E-state index contributed by atoms with van der Waals surface area (Å²) in [5, 5.41) is 10.2. The van der Waals surface area contributed by atoms with Gasteiger partial charge in [0.2, 0.25) is 23.6 Å². The molecule has 2 amide bonds. The number of methoxy groups -OCH3 is 2. The zero-order chi connectivity index (χ0) is 34.5. The summed E-state index contributed by atoms with van der Waals surface area (Å²) in [6.07, 6.45) is 5.62. The van der Waals surface area contributed by atoms with Gasteiger partial charge in [-0.1, -0.05) is 59.6 Å². The number of carbonyl (C=O) groups is 2. The minimum absolute atomic E-state index is 0.0266. The van der Waals surface area contributed by atoms with Gasteiger partial charge in [-0.25, -0.2) is 9.97 Å². The molecule has 49 heavy (non-hydrogen) atoms. The normalized spacial score (nSPS) is 17.6. The van der Waals surface area contributed by atoms with E-state index in [9.17, 15) is 9.59 Å². The smallest absolute Gasteiger partial charge is 0.237 e. The van der Waals surface area contributed by atoms with Crippen LogP contribution in [0, 0.1) is 0 Å². The maximum absolute atomic E-state index is 11.5. The van der Waals surface area contributed by atoms with Gasteiger partial charge >= 0.3 is 0 Å². The van der Waals surface area contributed by atoms with E-state index in [1.165, 1.54) is 6.92 Å². The number of benzene rings is 2. The molecule has 2 saturated heterocycles. The van der Waals surface area contributed by atoms with E-state index in [1.807, 2.05) is 36.4 Å². The van der Waals surface area contributed by atoms with Crippen molar-refractivity contribution in [2.45, 2.75) is 51.4 Å². The second-order valence-electron chi connectivity index (χ2n) is 12.1. The van der Waals surface area contributed by atoms with Gasteiger partial charge in [0.15, 0.2) is 0 Å². The van der Waals surface area contributed by atoms with Crippen molar-refractivity contribution < 1.29 is 19.1 Å². The molecule has 6 rings (SSSR count). The van der Waals surface area contributed by atoms with Crippen LogP contribution in [0.3, 0.4) is 0 Å². The van der Waals surface area contributed by atoms with Crippen LogP contribution in [0.2, 0.25) is 10.0 Å². The van der Waals surface area contributed by atoms with Crippen LogP contribution in [0.15, 0.2) is 48.8 Å². The first-order chi connectivity index (χ1) is 23.7. The molecule has 2 aliphatic heterocycles. The maximum Gasteiger partial charge on any atom is 0.237 e. The van der Waals surface area contributed by atoms with Crippen LogP contribution in [-0.2, 0) is 22.7 Å². The van der Waals surface area contributed by atoms with E-state index in [1.54, 1.807) is 26.6 Å². The highest BCUT2D eigenvalue weighted by Gasteiger charge is 2.25. The van der Waals surface area contributed by atoms with Crippen molar-refractivity contribution in [2.24, 2.45) is 0 Å². The van der Waals surface area contributed by atoms with Crippen molar-refractivity contribution in [3.05, 3.63) is 70.2 Å². The average molecular weight is 706 g/mol. The lowest BCUT2D eigenvalue weighted by molar-refractivity contribution is -0.120. The molecule has 4 heterocycles. The van der Waals surface area contributed by atoms with Gasteiger partial charge in [-0.3, -0.25) is 24.5 Å². The fourth-order valence-electron chi connectivity index (χ4n) is 6.27. The van der Waals surface area contributed by atoms with Gasteiger partial charge in [-0.15, -0.1) is 0 Å². The van der Waals surface area contributed by atoms with E-state index in [0.717, 1.165) is 37.1 Å². The van der Waals surface area contributed by atoms with Gasteiger partial charge < -0.3 is 25.4 Å². The molecule has 256 valence electrons. The molecule has 0 radical (unpaired) electrons. The van der Waals surface area contributed by atoms with Crippen LogP contribution in [0.1, 0.15) is 37.6 Å². The predicted octanol–water partition coefficient (Wildman–Crippen LogP) is 4.67.